The summed E-state index contributed by atoms with van der Waals surface area (Å²) in [6.07, 6.45) is 2.05. The highest BCUT2D eigenvalue weighted by molar-refractivity contribution is 9.24. The van der Waals surface area contributed by atoms with Crippen LogP contribution in [-0.2, 0) is 4.79 Å². The highest BCUT2D eigenvalue weighted by Crippen LogP contribution is 2.82. The summed E-state index contributed by atoms with van der Waals surface area (Å²) in [6.45, 7) is 4.46. The standard InChI is InChI=1S/C12H18Br3NO/c1-10(2)11(8(14)15)5-6-12(10,7(11)13)9(17)16(3)4/h7-8H,5-6H2,1-4H3/t7-,11-,12+/m0/s1. The molecule has 3 saturated carbocycles. The van der Waals surface area contributed by atoms with E-state index in [0.717, 1.165) is 12.8 Å². The number of halogens is 3. The molecule has 3 aliphatic rings. The number of amides is 1. The van der Waals surface area contributed by atoms with Crippen LogP contribution in [-0.4, -0.2) is 33.5 Å². The van der Waals surface area contributed by atoms with Gasteiger partial charge in [0.2, 0.25) is 5.91 Å². The van der Waals surface area contributed by atoms with E-state index in [4.69, 9.17) is 0 Å². The van der Waals surface area contributed by atoms with E-state index in [-0.39, 0.29) is 30.7 Å². The zero-order valence-electron chi connectivity index (χ0n) is 10.6. The van der Waals surface area contributed by atoms with Crippen molar-refractivity contribution >= 4 is 53.7 Å². The number of rotatable bonds is 2. The molecule has 98 valence electrons. The van der Waals surface area contributed by atoms with Gasteiger partial charge in [-0.15, -0.1) is 0 Å². The van der Waals surface area contributed by atoms with Gasteiger partial charge < -0.3 is 4.90 Å². The van der Waals surface area contributed by atoms with E-state index >= 15 is 0 Å². The second kappa shape index (κ2) is 3.95. The van der Waals surface area contributed by atoms with Gasteiger partial charge in [0.15, 0.2) is 0 Å². The van der Waals surface area contributed by atoms with E-state index in [1.165, 1.54) is 0 Å². The number of nitrogens with zero attached hydrogens (tertiary/aromatic N) is 1. The average molecular weight is 432 g/mol. The van der Waals surface area contributed by atoms with Crippen LogP contribution in [0.15, 0.2) is 0 Å². The maximum Gasteiger partial charge on any atom is 0.229 e. The molecule has 2 bridgehead atoms. The lowest BCUT2D eigenvalue weighted by molar-refractivity contribution is -0.170. The number of carbonyl (C=O) groups is 1. The molecule has 0 aromatic heterocycles. The Hall–Kier alpha value is 0.910. The highest BCUT2D eigenvalue weighted by Gasteiger charge is 2.83. The maximum atomic E-state index is 12.6. The van der Waals surface area contributed by atoms with Crippen LogP contribution in [0.3, 0.4) is 0 Å². The van der Waals surface area contributed by atoms with Crippen LogP contribution in [0.5, 0.6) is 0 Å². The van der Waals surface area contributed by atoms with E-state index in [1.807, 2.05) is 14.1 Å². The number of fused-ring (bicyclic) bond motifs is 1. The van der Waals surface area contributed by atoms with Crippen molar-refractivity contribution in [1.29, 1.82) is 0 Å². The number of hydrogen-bond acceptors (Lipinski definition) is 1. The molecular weight excluding hydrogens is 414 g/mol. The Labute approximate surface area is 128 Å². The molecule has 0 aliphatic heterocycles. The third-order valence-electron chi connectivity index (χ3n) is 5.27. The molecule has 2 nitrogen and oxygen atoms in total. The van der Waals surface area contributed by atoms with Gasteiger partial charge in [0.05, 0.1) is 9.15 Å². The SMILES string of the molecule is CN(C)C(=O)[C@@]12CC[C@@](C(Br)Br)([C@@H]1Br)C2(C)C. The van der Waals surface area contributed by atoms with Gasteiger partial charge in [-0.1, -0.05) is 61.6 Å². The first-order valence-corrected chi connectivity index (χ1v) is 8.55. The predicted octanol–water partition coefficient (Wildman–Crippen LogP) is 3.76. The van der Waals surface area contributed by atoms with Crippen molar-refractivity contribution < 1.29 is 4.79 Å². The summed E-state index contributed by atoms with van der Waals surface area (Å²) in [6, 6.07) is 0. The summed E-state index contributed by atoms with van der Waals surface area (Å²) < 4.78 is 0.243. The lowest BCUT2D eigenvalue weighted by Gasteiger charge is -2.66. The molecule has 0 N–H and O–H groups in total. The van der Waals surface area contributed by atoms with Gasteiger partial charge >= 0.3 is 0 Å². The Kier molecular flexibility index (Phi) is 3.33. The number of carbonyl (C=O) groups excluding carboxylic acids is 1. The van der Waals surface area contributed by atoms with Crippen LogP contribution in [0.25, 0.3) is 0 Å². The Bertz CT molecular complexity index is 369. The predicted molar refractivity (Wildman–Crippen MR) is 80.9 cm³/mol. The van der Waals surface area contributed by atoms with Gasteiger partial charge in [-0.3, -0.25) is 4.79 Å². The summed E-state index contributed by atoms with van der Waals surface area (Å²) in [5.41, 5.74) is -0.109. The fourth-order valence-corrected chi connectivity index (χ4v) is 8.97. The molecule has 3 aliphatic carbocycles. The Morgan fingerprint density at radius 1 is 1.29 bits per heavy atom. The van der Waals surface area contributed by atoms with Crippen molar-refractivity contribution in [1.82, 2.24) is 4.90 Å². The molecule has 0 radical (unpaired) electrons. The van der Waals surface area contributed by atoms with Crippen molar-refractivity contribution in [2.24, 2.45) is 16.2 Å². The summed E-state index contributed by atoms with van der Waals surface area (Å²) in [7, 11) is 3.70. The van der Waals surface area contributed by atoms with E-state index in [1.54, 1.807) is 4.90 Å². The molecule has 3 rings (SSSR count). The molecule has 5 heteroatoms. The molecule has 0 unspecified atom stereocenters. The van der Waals surface area contributed by atoms with Gasteiger partial charge in [-0.2, -0.15) is 0 Å². The smallest absolute Gasteiger partial charge is 0.229 e. The third-order valence-corrected chi connectivity index (χ3v) is 8.51. The highest BCUT2D eigenvalue weighted by atomic mass is 79.9. The summed E-state index contributed by atoms with van der Waals surface area (Å²) in [4.78, 5) is 14.5. The van der Waals surface area contributed by atoms with Crippen molar-refractivity contribution in [3.8, 4) is 0 Å². The molecule has 0 spiro atoms. The topological polar surface area (TPSA) is 20.3 Å². The fourth-order valence-electron chi connectivity index (χ4n) is 4.07. The summed E-state index contributed by atoms with van der Waals surface area (Å²) in [5, 5.41) is 0. The van der Waals surface area contributed by atoms with Crippen LogP contribution < -0.4 is 0 Å². The summed E-state index contributed by atoms with van der Waals surface area (Å²) >= 11 is 11.2. The van der Waals surface area contributed by atoms with Crippen LogP contribution in [0.4, 0.5) is 0 Å². The lowest BCUT2D eigenvalue weighted by atomic mass is 9.43. The van der Waals surface area contributed by atoms with Gasteiger partial charge in [0, 0.05) is 24.3 Å². The largest absolute Gasteiger partial charge is 0.348 e. The molecule has 17 heavy (non-hydrogen) atoms. The van der Waals surface area contributed by atoms with Crippen LogP contribution in [0, 0.1) is 16.2 Å². The average Bonchev–Trinajstić information content (AvgIpc) is 2.66. The Morgan fingerprint density at radius 2 is 1.82 bits per heavy atom. The van der Waals surface area contributed by atoms with E-state index in [9.17, 15) is 4.79 Å². The zero-order valence-corrected chi connectivity index (χ0v) is 15.3. The fraction of sp³-hybridized carbons (Fsp3) is 0.917. The number of alkyl halides is 3. The van der Waals surface area contributed by atoms with Gasteiger partial charge in [-0.25, -0.2) is 0 Å². The number of hydrogen-bond donors (Lipinski definition) is 0. The van der Waals surface area contributed by atoms with Crippen LogP contribution in [0.2, 0.25) is 0 Å². The molecule has 1 amide bonds. The molecule has 0 saturated heterocycles. The van der Waals surface area contributed by atoms with Gasteiger partial charge in [0.25, 0.3) is 0 Å². The van der Waals surface area contributed by atoms with Crippen molar-refractivity contribution in [3.05, 3.63) is 0 Å². The minimum atomic E-state index is -0.240. The van der Waals surface area contributed by atoms with E-state index < -0.39 is 0 Å². The first kappa shape index (κ1) is 14.3. The molecule has 3 atom stereocenters. The lowest BCUT2D eigenvalue weighted by Crippen LogP contribution is -2.71. The molecule has 3 fully saturated rings. The van der Waals surface area contributed by atoms with Gasteiger partial charge in [-0.05, 0) is 18.3 Å². The molecule has 0 heterocycles. The van der Waals surface area contributed by atoms with Crippen molar-refractivity contribution in [2.45, 2.75) is 35.3 Å². The van der Waals surface area contributed by atoms with E-state index in [2.05, 4.69) is 61.6 Å². The first-order chi connectivity index (χ1) is 7.66. The Balaban J connectivity index is 2.46. The minimum absolute atomic E-state index is 0.00713. The third kappa shape index (κ3) is 1.29. The van der Waals surface area contributed by atoms with Crippen LogP contribution in [0.1, 0.15) is 26.7 Å². The summed E-state index contributed by atoms with van der Waals surface area (Å²) in [5.74, 6) is 0.262. The second-order valence-electron chi connectivity index (χ2n) is 6.00. The van der Waals surface area contributed by atoms with Gasteiger partial charge in [0.1, 0.15) is 0 Å². The van der Waals surface area contributed by atoms with E-state index in [0.29, 0.717) is 0 Å². The Morgan fingerprint density at radius 3 is 2.12 bits per heavy atom. The molecule has 0 aromatic carbocycles. The van der Waals surface area contributed by atoms with Crippen LogP contribution >= 0.6 is 47.8 Å². The quantitative estimate of drug-likeness (QED) is 0.609. The zero-order chi connectivity index (χ0) is 13.2. The normalized spacial score (nSPS) is 42.5. The first-order valence-electron chi connectivity index (χ1n) is 5.80. The monoisotopic (exact) mass is 429 g/mol. The minimum Gasteiger partial charge on any atom is -0.348 e. The second-order valence-corrected chi connectivity index (χ2v) is 9.98. The van der Waals surface area contributed by atoms with Crippen molar-refractivity contribution in [2.75, 3.05) is 14.1 Å². The maximum absolute atomic E-state index is 12.6. The van der Waals surface area contributed by atoms with Crippen molar-refractivity contribution in [3.63, 3.8) is 0 Å². The molecular formula is C12H18Br3NO. The molecule has 0 aromatic rings.